The monoisotopic (exact) mass is 300 g/mol. The van der Waals surface area contributed by atoms with Gasteiger partial charge in [-0.2, -0.15) is 5.10 Å². The van der Waals surface area contributed by atoms with E-state index in [1.807, 2.05) is 41.2 Å². The van der Waals surface area contributed by atoms with Crippen molar-refractivity contribution in [2.45, 2.75) is 26.6 Å². The van der Waals surface area contributed by atoms with E-state index in [4.69, 9.17) is 4.74 Å². The fourth-order valence-electron chi connectivity index (χ4n) is 2.55. The van der Waals surface area contributed by atoms with E-state index in [2.05, 4.69) is 17.3 Å². The van der Waals surface area contributed by atoms with Crippen LogP contribution in [0.5, 0.6) is 0 Å². The number of hydrogen-bond donors (Lipinski definition) is 1. The van der Waals surface area contributed by atoms with Gasteiger partial charge in [-0.3, -0.25) is 9.58 Å². The molecule has 1 saturated heterocycles. The molecule has 3 rings (SSSR count). The van der Waals surface area contributed by atoms with Gasteiger partial charge in [0.1, 0.15) is 6.61 Å². The van der Waals surface area contributed by atoms with Crippen molar-refractivity contribution in [3.63, 3.8) is 0 Å². The Balaban J connectivity index is 1.54. The van der Waals surface area contributed by atoms with Gasteiger partial charge in [0.15, 0.2) is 0 Å². The average molecular weight is 300 g/mol. The lowest BCUT2D eigenvalue weighted by Crippen LogP contribution is -2.23. The predicted octanol–water partition coefficient (Wildman–Crippen LogP) is 2.15. The van der Waals surface area contributed by atoms with Crippen molar-refractivity contribution in [2.75, 3.05) is 18.1 Å². The van der Waals surface area contributed by atoms with Gasteiger partial charge in [-0.05, 0) is 30.7 Å². The largest absolute Gasteiger partial charge is 0.447 e. The fraction of sp³-hybridized carbons (Fsp3) is 0.375. The van der Waals surface area contributed by atoms with E-state index >= 15 is 0 Å². The van der Waals surface area contributed by atoms with Crippen molar-refractivity contribution in [3.05, 3.63) is 47.8 Å². The summed E-state index contributed by atoms with van der Waals surface area (Å²) in [5, 5.41) is 7.66. The average Bonchev–Trinajstić information content (AvgIpc) is 3.16. The van der Waals surface area contributed by atoms with Crippen molar-refractivity contribution in [1.29, 1.82) is 0 Å². The van der Waals surface area contributed by atoms with Gasteiger partial charge in [-0.15, -0.1) is 0 Å². The summed E-state index contributed by atoms with van der Waals surface area (Å²) in [7, 11) is 0. The SMILES string of the molecule is CCn1nccc1CNCc1ccc(N2CCOC2=O)cc1. The topological polar surface area (TPSA) is 59.4 Å². The Morgan fingerprint density at radius 1 is 1.23 bits per heavy atom. The molecule has 1 aliphatic heterocycles. The molecule has 0 aliphatic carbocycles. The second-order valence-corrected chi connectivity index (χ2v) is 5.17. The van der Waals surface area contributed by atoms with Crippen LogP contribution in [0.3, 0.4) is 0 Å². The number of carbonyl (C=O) groups excluding carboxylic acids is 1. The number of cyclic esters (lactones) is 1. The van der Waals surface area contributed by atoms with Crippen LogP contribution in [0, 0.1) is 0 Å². The number of carbonyl (C=O) groups is 1. The molecule has 1 aliphatic rings. The van der Waals surface area contributed by atoms with E-state index in [9.17, 15) is 4.79 Å². The Morgan fingerprint density at radius 3 is 2.73 bits per heavy atom. The Labute approximate surface area is 129 Å². The van der Waals surface area contributed by atoms with Crippen molar-refractivity contribution in [2.24, 2.45) is 0 Å². The van der Waals surface area contributed by atoms with E-state index in [0.717, 1.165) is 25.3 Å². The second kappa shape index (κ2) is 6.62. The summed E-state index contributed by atoms with van der Waals surface area (Å²) in [5.41, 5.74) is 3.24. The molecule has 0 atom stereocenters. The first kappa shape index (κ1) is 14.6. The lowest BCUT2D eigenvalue weighted by Gasteiger charge is -2.13. The van der Waals surface area contributed by atoms with Gasteiger partial charge in [0.05, 0.1) is 12.2 Å². The number of aromatic nitrogens is 2. The predicted molar refractivity (Wildman–Crippen MR) is 83.6 cm³/mol. The molecule has 2 aromatic rings. The van der Waals surface area contributed by atoms with Crippen LogP contribution in [-0.2, 0) is 24.4 Å². The third-order valence-corrected chi connectivity index (χ3v) is 3.75. The van der Waals surface area contributed by atoms with Gasteiger partial charge in [0, 0.05) is 31.5 Å². The zero-order valence-corrected chi connectivity index (χ0v) is 12.7. The van der Waals surface area contributed by atoms with E-state index in [-0.39, 0.29) is 6.09 Å². The normalized spacial score (nSPS) is 14.4. The number of amides is 1. The number of nitrogens with one attached hydrogen (secondary N) is 1. The lowest BCUT2D eigenvalue weighted by molar-refractivity contribution is 0.181. The van der Waals surface area contributed by atoms with Gasteiger partial charge in [-0.25, -0.2) is 4.79 Å². The van der Waals surface area contributed by atoms with Crippen molar-refractivity contribution in [3.8, 4) is 0 Å². The van der Waals surface area contributed by atoms with Crippen LogP contribution in [0.1, 0.15) is 18.2 Å². The number of nitrogens with zero attached hydrogens (tertiary/aromatic N) is 3. The summed E-state index contributed by atoms with van der Waals surface area (Å²) in [6.07, 6.45) is 1.56. The minimum Gasteiger partial charge on any atom is -0.447 e. The molecule has 1 fully saturated rings. The molecule has 0 spiro atoms. The van der Waals surface area contributed by atoms with Crippen LogP contribution < -0.4 is 10.2 Å². The van der Waals surface area contributed by atoms with E-state index in [1.165, 1.54) is 11.3 Å². The quantitative estimate of drug-likeness (QED) is 0.888. The number of hydrogen-bond acceptors (Lipinski definition) is 4. The molecule has 1 aromatic carbocycles. The summed E-state index contributed by atoms with van der Waals surface area (Å²) >= 11 is 0. The van der Waals surface area contributed by atoms with Crippen LogP contribution in [0.15, 0.2) is 36.5 Å². The molecule has 0 bridgehead atoms. The molecule has 1 N–H and O–H groups in total. The molecule has 1 aromatic heterocycles. The van der Waals surface area contributed by atoms with Crippen molar-refractivity contribution >= 4 is 11.8 Å². The number of anilines is 1. The third kappa shape index (κ3) is 3.12. The highest BCUT2D eigenvalue weighted by Gasteiger charge is 2.23. The number of aryl methyl sites for hydroxylation is 1. The minimum atomic E-state index is -0.265. The first-order valence-electron chi connectivity index (χ1n) is 7.52. The Morgan fingerprint density at radius 2 is 2.05 bits per heavy atom. The smallest absolute Gasteiger partial charge is 0.414 e. The fourth-order valence-corrected chi connectivity index (χ4v) is 2.55. The maximum atomic E-state index is 11.5. The molecule has 6 heteroatoms. The molecular weight excluding hydrogens is 280 g/mol. The highest BCUT2D eigenvalue weighted by molar-refractivity contribution is 5.89. The van der Waals surface area contributed by atoms with Gasteiger partial charge < -0.3 is 10.1 Å². The van der Waals surface area contributed by atoms with Gasteiger partial charge in [0.2, 0.25) is 0 Å². The summed E-state index contributed by atoms with van der Waals surface area (Å²) < 4.78 is 6.93. The molecule has 1 amide bonds. The molecule has 0 unspecified atom stereocenters. The lowest BCUT2D eigenvalue weighted by atomic mass is 10.2. The summed E-state index contributed by atoms with van der Waals surface area (Å²) in [6, 6.07) is 10.0. The molecule has 116 valence electrons. The standard InChI is InChI=1S/C16H20N4O2/c1-2-20-15(7-8-18-20)12-17-11-13-3-5-14(6-4-13)19-9-10-22-16(19)21/h3-8,17H,2,9-12H2,1H3. The second-order valence-electron chi connectivity index (χ2n) is 5.17. The zero-order chi connectivity index (χ0) is 15.4. The van der Waals surface area contributed by atoms with E-state index < -0.39 is 0 Å². The molecule has 0 saturated carbocycles. The van der Waals surface area contributed by atoms with Crippen LogP contribution in [0.2, 0.25) is 0 Å². The Hall–Kier alpha value is -2.34. The van der Waals surface area contributed by atoms with Crippen LogP contribution in [-0.4, -0.2) is 29.0 Å². The highest BCUT2D eigenvalue weighted by atomic mass is 16.6. The minimum absolute atomic E-state index is 0.265. The molecule has 22 heavy (non-hydrogen) atoms. The summed E-state index contributed by atoms with van der Waals surface area (Å²) in [4.78, 5) is 13.2. The van der Waals surface area contributed by atoms with Crippen LogP contribution >= 0.6 is 0 Å². The molecule has 0 radical (unpaired) electrons. The molecular formula is C16H20N4O2. The van der Waals surface area contributed by atoms with Gasteiger partial charge in [0.25, 0.3) is 0 Å². The van der Waals surface area contributed by atoms with Crippen molar-refractivity contribution < 1.29 is 9.53 Å². The number of rotatable bonds is 6. The molecule has 6 nitrogen and oxygen atoms in total. The highest BCUT2D eigenvalue weighted by Crippen LogP contribution is 2.19. The summed E-state index contributed by atoms with van der Waals surface area (Å²) in [6.45, 7) is 5.61. The van der Waals surface area contributed by atoms with E-state index in [1.54, 1.807) is 4.90 Å². The number of ether oxygens (including phenoxy) is 1. The maximum Gasteiger partial charge on any atom is 0.414 e. The Bertz CT molecular complexity index is 636. The first-order valence-corrected chi connectivity index (χ1v) is 7.52. The summed E-state index contributed by atoms with van der Waals surface area (Å²) in [5.74, 6) is 0. The first-order chi connectivity index (χ1) is 10.8. The molecule has 2 heterocycles. The zero-order valence-electron chi connectivity index (χ0n) is 12.7. The van der Waals surface area contributed by atoms with Crippen molar-refractivity contribution in [1.82, 2.24) is 15.1 Å². The maximum absolute atomic E-state index is 11.5. The third-order valence-electron chi connectivity index (χ3n) is 3.75. The van der Waals surface area contributed by atoms with Crippen LogP contribution in [0.25, 0.3) is 0 Å². The van der Waals surface area contributed by atoms with Gasteiger partial charge >= 0.3 is 6.09 Å². The van der Waals surface area contributed by atoms with Gasteiger partial charge in [-0.1, -0.05) is 12.1 Å². The van der Waals surface area contributed by atoms with E-state index in [0.29, 0.717) is 13.2 Å². The van der Waals surface area contributed by atoms with Crippen LogP contribution in [0.4, 0.5) is 10.5 Å². The Kier molecular flexibility index (Phi) is 4.39. The number of benzene rings is 1.